The zero-order chi connectivity index (χ0) is 27.1. The van der Waals surface area contributed by atoms with Crippen molar-refractivity contribution < 1.29 is 23.4 Å². The maximum absolute atomic E-state index is 15.0. The molecular weight excluding hydrogens is 521 g/mol. The molecule has 1 amide bonds. The maximum atomic E-state index is 15.0. The topological polar surface area (TPSA) is 119 Å². The van der Waals surface area contributed by atoms with Gasteiger partial charge in [-0.05, 0) is 42.8 Å². The molecule has 1 aliphatic heterocycles. The van der Waals surface area contributed by atoms with Crippen molar-refractivity contribution in [2.45, 2.75) is 19.4 Å². The molecule has 3 heterocycles. The number of nitriles is 1. The van der Waals surface area contributed by atoms with Crippen molar-refractivity contribution >= 4 is 44.4 Å². The van der Waals surface area contributed by atoms with Crippen molar-refractivity contribution in [1.82, 2.24) is 15.0 Å². The van der Waals surface area contributed by atoms with Gasteiger partial charge in [0.05, 0.1) is 46.2 Å². The molecule has 0 saturated carbocycles. The van der Waals surface area contributed by atoms with E-state index in [1.165, 1.54) is 30.6 Å². The number of anilines is 1. The third kappa shape index (κ3) is 4.66. The van der Waals surface area contributed by atoms with Crippen LogP contribution in [0.25, 0.3) is 31.8 Å². The number of halogens is 1. The van der Waals surface area contributed by atoms with E-state index in [4.69, 9.17) is 24.5 Å². The normalized spacial score (nSPS) is 14.1. The van der Waals surface area contributed by atoms with Crippen LogP contribution in [0.3, 0.4) is 0 Å². The van der Waals surface area contributed by atoms with Crippen molar-refractivity contribution in [3.05, 3.63) is 71.2 Å². The Balaban J connectivity index is 1.24. The van der Waals surface area contributed by atoms with E-state index in [-0.39, 0.29) is 12.4 Å². The summed E-state index contributed by atoms with van der Waals surface area (Å²) in [4.78, 5) is 26.0. The number of hydrogen-bond donors (Lipinski definition) is 1. The van der Waals surface area contributed by atoms with E-state index in [1.807, 2.05) is 25.1 Å². The van der Waals surface area contributed by atoms with Crippen molar-refractivity contribution in [3.63, 3.8) is 0 Å². The first-order valence-corrected chi connectivity index (χ1v) is 12.8. The maximum Gasteiger partial charge on any atom is 0.411 e. The smallest absolute Gasteiger partial charge is 0.411 e. The molecule has 0 bridgehead atoms. The average molecular weight is 542 g/mol. The number of fused-ring (bicyclic) bond motifs is 4. The van der Waals surface area contributed by atoms with Gasteiger partial charge in [0.15, 0.2) is 11.6 Å². The van der Waals surface area contributed by atoms with Crippen LogP contribution in [0.15, 0.2) is 48.7 Å². The molecule has 0 spiro atoms. The molecule has 5 aromatic rings. The number of ether oxygens (including phenoxy) is 3. The van der Waals surface area contributed by atoms with Gasteiger partial charge in [-0.15, -0.1) is 11.3 Å². The van der Waals surface area contributed by atoms with Crippen LogP contribution in [-0.2, 0) is 11.2 Å². The third-order valence-corrected chi connectivity index (χ3v) is 7.41. The summed E-state index contributed by atoms with van der Waals surface area (Å²) in [5.41, 5.74) is 5.18. The van der Waals surface area contributed by atoms with Crippen LogP contribution in [-0.4, -0.2) is 40.9 Å². The standard InChI is InChI=1S/C28H20FN5O4S/c1-14-6-18(24-21(7-14)33-23(36-2)12-31-24)27-34-22-10-20(29)25-19(26(22)39-27)9-17(38-25)13-37-28(35)32-16-5-3-4-15(8-16)11-30/h3-8,10,12,17H,9,13H2,1-2H3,(H,32,35)/t17-/m1/s1. The summed E-state index contributed by atoms with van der Waals surface area (Å²) in [7, 11) is 1.54. The largest absolute Gasteiger partial charge is 0.483 e. The summed E-state index contributed by atoms with van der Waals surface area (Å²) >= 11 is 1.43. The minimum atomic E-state index is -0.695. The molecule has 194 valence electrons. The highest BCUT2D eigenvalue weighted by atomic mass is 32.1. The molecule has 9 nitrogen and oxygen atoms in total. The van der Waals surface area contributed by atoms with Gasteiger partial charge in [0.2, 0.25) is 5.88 Å². The summed E-state index contributed by atoms with van der Waals surface area (Å²) in [5, 5.41) is 12.3. The van der Waals surface area contributed by atoms with E-state index in [0.29, 0.717) is 50.7 Å². The second kappa shape index (κ2) is 9.81. The van der Waals surface area contributed by atoms with Gasteiger partial charge < -0.3 is 14.2 Å². The molecular formula is C28H20FN5O4S. The van der Waals surface area contributed by atoms with Crippen molar-refractivity contribution in [2.75, 3.05) is 19.0 Å². The van der Waals surface area contributed by atoms with E-state index in [1.54, 1.807) is 24.4 Å². The first kappa shape index (κ1) is 24.5. The van der Waals surface area contributed by atoms with E-state index < -0.39 is 18.0 Å². The molecule has 1 atom stereocenters. The molecule has 39 heavy (non-hydrogen) atoms. The van der Waals surface area contributed by atoms with E-state index in [9.17, 15) is 4.79 Å². The SMILES string of the molecule is COc1cnc2c(-c3nc4cc(F)c5c(c4s3)C[C@H](COC(=O)Nc3cccc(C#N)c3)O5)cc(C)cc2n1. The average Bonchev–Trinajstić information content (AvgIpc) is 3.56. The molecule has 0 unspecified atom stereocenters. The number of benzene rings is 3. The van der Waals surface area contributed by atoms with Gasteiger partial charge in [0.1, 0.15) is 17.7 Å². The highest BCUT2D eigenvalue weighted by molar-refractivity contribution is 7.22. The van der Waals surface area contributed by atoms with Crippen LogP contribution < -0.4 is 14.8 Å². The Bertz CT molecular complexity index is 1820. The van der Waals surface area contributed by atoms with Crippen LogP contribution in [0.5, 0.6) is 11.6 Å². The van der Waals surface area contributed by atoms with Crippen molar-refractivity contribution in [1.29, 1.82) is 5.26 Å². The molecule has 3 aromatic carbocycles. The predicted octanol–water partition coefficient (Wildman–Crippen LogP) is 5.79. The Morgan fingerprint density at radius 1 is 1.26 bits per heavy atom. The number of carbonyl (C=O) groups excluding carboxylic acids is 1. The monoisotopic (exact) mass is 541 g/mol. The van der Waals surface area contributed by atoms with Crippen molar-refractivity contribution in [2.24, 2.45) is 0 Å². The highest BCUT2D eigenvalue weighted by Gasteiger charge is 2.31. The lowest BCUT2D eigenvalue weighted by molar-refractivity contribution is 0.100. The van der Waals surface area contributed by atoms with Gasteiger partial charge in [-0.3, -0.25) is 5.32 Å². The van der Waals surface area contributed by atoms with Gasteiger partial charge in [0, 0.05) is 29.3 Å². The van der Waals surface area contributed by atoms with Gasteiger partial charge in [-0.25, -0.2) is 24.1 Å². The first-order chi connectivity index (χ1) is 18.9. The molecule has 11 heteroatoms. The molecule has 6 rings (SSSR count). The molecule has 1 aliphatic rings. The van der Waals surface area contributed by atoms with Crippen LogP contribution >= 0.6 is 11.3 Å². The summed E-state index contributed by atoms with van der Waals surface area (Å²) < 4.78 is 32.2. The number of amides is 1. The van der Waals surface area contributed by atoms with Gasteiger partial charge in [-0.1, -0.05) is 6.07 Å². The lowest BCUT2D eigenvalue weighted by Gasteiger charge is -2.12. The number of thiazole rings is 1. The number of nitrogens with one attached hydrogen (secondary N) is 1. The zero-order valence-corrected chi connectivity index (χ0v) is 21.6. The van der Waals surface area contributed by atoms with Gasteiger partial charge in [-0.2, -0.15) is 5.26 Å². The third-order valence-electron chi connectivity index (χ3n) is 6.25. The molecule has 0 fully saturated rings. The number of carbonyl (C=O) groups is 1. The second-order valence-electron chi connectivity index (χ2n) is 8.99. The minimum Gasteiger partial charge on any atom is -0.483 e. The lowest BCUT2D eigenvalue weighted by atomic mass is 10.1. The Morgan fingerprint density at radius 3 is 2.95 bits per heavy atom. The molecule has 0 radical (unpaired) electrons. The Labute approximate surface area is 225 Å². The van der Waals surface area contributed by atoms with Crippen molar-refractivity contribution in [3.8, 4) is 28.3 Å². The number of nitrogens with zero attached hydrogens (tertiary/aromatic N) is 4. The van der Waals surface area contributed by atoms with E-state index >= 15 is 4.39 Å². The molecule has 0 aliphatic carbocycles. The molecule has 0 saturated heterocycles. The number of hydrogen-bond acceptors (Lipinski definition) is 9. The Hall–Kier alpha value is -4.82. The Kier molecular flexibility index (Phi) is 6.17. The number of methoxy groups -OCH3 is 1. The minimum absolute atomic E-state index is 0.0784. The lowest BCUT2D eigenvalue weighted by Crippen LogP contribution is -2.25. The van der Waals surface area contributed by atoms with Gasteiger partial charge >= 0.3 is 6.09 Å². The highest BCUT2D eigenvalue weighted by Crippen LogP contribution is 2.43. The van der Waals surface area contributed by atoms with E-state index in [0.717, 1.165) is 15.8 Å². The summed E-state index contributed by atoms with van der Waals surface area (Å²) in [6.07, 6.45) is 0.661. The predicted molar refractivity (Wildman–Crippen MR) is 144 cm³/mol. The van der Waals surface area contributed by atoms with E-state index in [2.05, 4.69) is 15.3 Å². The molecule has 1 N–H and O–H groups in total. The summed E-state index contributed by atoms with van der Waals surface area (Å²) in [6, 6.07) is 13.8. The van der Waals surface area contributed by atoms with Crippen LogP contribution in [0.1, 0.15) is 16.7 Å². The quantitative estimate of drug-likeness (QED) is 0.297. The first-order valence-electron chi connectivity index (χ1n) is 12.0. The van der Waals surface area contributed by atoms with Crippen LogP contribution in [0.4, 0.5) is 14.9 Å². The van der Waals surface area contributed by atoms with Gasteiger partial charge in [0.25, 0.3) is 0 Å². The fourth-order valence-corrected chi connectivity index (χ4v) is 5.65. The fraction of sp³-hybridized carbons (Fsp3) is 0.179. The number of aryl methyl sites for hydroxylation is 1. The Morgan fingerprint density at radius 2 is 2.13 bits per heavy atom. The summed E-state index contributed by atoms with van der Waals surface area (Å²) in [5.74, 6) is 0.0401. The zero-order valence-electron chi connectivity index (χ0n) is 20.8. The number of rotatable bonds is 5. The van der Waals surface area contributed by atoms with Crippen LogP contribution in [0.2, 0.25) is 0 Å². The second-order valence-corrected chi connectivity index (χ2v) is 9.99. The van der Waals surface area contributed by atoms with Crippen LogP contribution in [0, 0.1) is 24.1 Å². The molecule has 2 aromatic heterocycles. The summed E-state index contributed by atoms with van der Waals surface area (Å²) in [6.45, 7) is 1.88. The fourth-order valence-electron chi connectivity index (χ4n) is 4.53. The number of aromatic nitrogens is 3.